The van der Waals surface area contributed by atoms with E-state index in [1.54, 1.807) is 33.7 Å². The predicted molar refractivity (Wildman–Crippen MR) is 73.7 cm³/mol. The van der Waals surface area contributed by atoms with E-state index in [1.807, 2.05) is 19.2 Å². The van der Waals surface area contributed by atoms with E-state index in [-0.39, 0.29) is 5.54 Å². The first-order chi connectivity index (χ1) is 8.59. The summed E-state index contributed by atoms with van der Waals surface area (Å²) in [7, 11) is 4.38. The van der Waals surface area contributed by atoms with E-state index in [9.17, 15) is 0 Å². The van der Waals surface area contributed by atoms with Gasteiger partial charge in [-0.15, -0.1) is 0 Å². The zero-order valence-corrected chi connectivity index (χ0v) is 12.7. The fourth-order valence-corrected chi connectivity index (χ4v) is 4.28. The molecule has 1 heterocycles. The molecule has 0 spiro atoms. The highest BCUT2D eigenvalue weighted by Crippen LogP contribution is 2.25. The molecule has 1 aromatic heterocycles. The summed E-state index contributed by atoms with van der Waals surface area (Å²) >= 11 is 0. The van der Waals surface area contributed by atoms with Gasteiger partial charge in [0, 0.05) is 58.5 Å². The van der Waals surface area contributed by atoms with E-state index in [1.165, 1.54) is 0 Å². The van der Waals surface area contributed by atoms with Crippen LogP contribution in [0.25, 0.3) is 0 Å². The van der Waals surface area contributed by atoms with Crippen molar-refractivity contribution < 1.29 is 13.3 Å². The molecule has 0 fully saturated rings. The van der Waals surface area contributed by atoms with Gasteiger partial charge in [0.25, 0.3) is 0 Å². The van der Waals surface area contributed by atoms with Gasteiger partial charge in [0.15, 0.2) is 0 Å². The minimum atomic E-state index is -2.57. The summed E-state index contributed by atoms with van der Waals surface area (Å²) in [4.78, 5) is 6.16. The predicted octanol–water partition coefficient (Wildman–Crippen LogP) is 1.79. The summed E-state index contributed by atoms with van der Waals surface area (Å²) in [5.41, 5.74) is 1.29. The lowest BCUT2D eigenvalue weighted by Crippen LogP contribution is -2.49. The second-order valence-corrected chi connectivity index (χ2v) is 7.62. The first-order valence-corrected chi connectivity index (χ1v) is 7.66. The monoisotopic (exact) mass is 270 g/mol. The normalized spacial score (nSPS) is 13.4. The van der Waals surface area contributed by atoms with Crippen molar-refractivity contribution in [1.29, 1.82) is 0 Å². The number of rotatable bonds is 7. The molecule has 1 aromatic rings. The van der Waals surface area contributed by atoms with E-state index in [2.05, 4.69) is 16.8 Å². The van der Waals surface area contributed by atoms with Gasteiger partial charge >= 0.3 is 8.80 Å². The molecule has 0 saturated heterocycles. The highest BCUT2D eigenvalue weighted by atomic mass is 28.4. The van der Waals surface area contributed by atoms with Gasteiger partial charge in [-0.05, 0) is 12.1 Å². The van der Waals surface area contributed by atoms with Gasteiger partial charge in [0.05, 0.1) is 0 Å². The summed E-state index contributed by atoms with van der Waals surface area (Å²) in [6.45, 7) is 2.88. The minimum absolute atomic E-state index is 0.177. The number of aromatic nitrogens is 1. The van der Waals surface area contributed by atoms with Crippen molar-refractivity contribution in [3.05, 3.63) is 24.5 Å². The molecule has 5 nitrogen and oxygen atoms in total. The van der Waals surface area contributed by atoms with Crippen molar-refractivity contribution in [2.45, 2.75) is 12.5 Å². The molecule has 6 heteroatoms. The lowest BCUT2D eigenvalue weighted by atomic mass is 10.3. The molecule has 0 aliphatic rings. The second-order valence-electron chi connectivity index (χ2n) is 4.20. The van der Waals surface area contributed by atoms with Crippen LogP contribution in [0.5, 0.6) is 0 Å². The van der Waals surface area contributed by atoms with Crippen LogP contribution in [0, 0.1) is 0 Å². The van der Waals surface area contributed by atoms with Crippen LogP contribution >= 0.6 is 0 Å². The summed E-state index contributed by atoms with van der Waals surface area (Å²) in [6, 6.07) is 3.95. The topological polar surface area (TPSA) is 43.8 Å². The molecule has 0 saturated carbocycles. The van der Waals surface area contributed by atoms with Crippen molar-refractivity contribution >= 4 is 14.5 Å². The Hall–Kier alpha value is -0.953. The van der Waals surface area contributed by atoms with Gasteiger partial charge in [-0.2, -0.15) is 0 Å². The van der Waals surface area contributed by atoms with Gasteiger partial charge in [0.2, 0.25) is 0 Å². The number of hydrogen-bond donors (Lipinski definition) is 0. The standard InChI is InChI=1S/C12H22N2O3Si/c1-11(18(15-3,16-4)17-5)10-14(2)12-6-8-13-9-7-12/h6-9,11H,10H2,1-5H3. The molecule has 102 valence electrons. The van der Waals surface area contributed by atoms with Crippen LogP contribution in [0.3, 0.4) is 0 Å². The van der Waals surface area contributed by atoms with E-state index in [0.29, 0.717) is 0 Å². The number of anilines is 1. The molecule has 0 radical (unpaired) electrons. The molecular weight excluding hydrogens is 248 g/mol. The smallest absolute Gasteiger partial charge is 0.377 e. The van der Waals surface area contributed by atoms with E-state index in [4.69, 9.17) is 13.3 Å². The number of pyridine rings is 1. The third kappa shape index (κ3) is 3.29. The molecule has 1 rings (SSSR count). The van der Waals surface area contributed by atoms with Gasteiger partial charge in [-0.1, -0.05) is 6.92 Å². The van der Waals surface area contributed by atoms with Gasteiger partial charge in [-0.25, -0.2) is 0 Å². The molecule has 0 aliphatic carbocycles. The maximum atomic E-state index is 5.49. The second kappa shape index (κ2) is 6.84. The van der Waals surface area contributed by atoms with Crippen molar-refractivity contribution in [1.82, 2.24) is 4.98 Å². The zero-order valence-electron chi connectivity index (χ0n) is 11.7. The number of nitrogens with zero attached hydrogens (tertiary/aromatic N) is 2. The molecule has 0 aromatic carbocycles. The average molecular weight is 270 g/mol. The Kier molecular flexibility index (Phi) is 5.74. The Morgan fingerprint density at radius 1 is 1.17 bits per heavy atom. The van der Waals surface area contributed by atoms with Crippen LogP contribution in [-0.4, -0.2) is 48.7 Å². The third-order valence-electron chi connectivity index (χ3n) is 3.11. The fourth-order valence-electron chi connectivity index (χ4n) is 2.08. The average Bonchev–Trinajstić information content (AvgIpc) is 2.42. The van der Waals surface area contributed by atoms with Crippen LogP contribution in [0.1, 0.15) is 6.92 Å². The van der Waals surface area contributed by atoms with Crippen molar-refractivity contribution in [2.24, 2.45) is 0 Å². The maximum absolute atomic E-state index is 5.49. The van der Waals surface area contributed by atoms with Gasteiger partial charge < -0.3 is 18.2 Å². The Morgan fingerprint density at radius 2 is 1.67 bits per heavy atom. The first-order valence-electron chi connectivity index (χ1n) is 5.86. The third-order valence-corrected chi connectivity index (χ3v) is 6.21. The minimum Gasteiger partial charge on any atom is -0.377 e. The van der Waals surface area contributed by atoms with E-state index < -0.39 is 8.80 Å². The van der Waals surface area contributed by atoms with Crippen molar-refractivity contribution in [3.63, 3.8) is 0 Å². The van der Waals surface area contributed by atoms with E-state index in [0.717, 1.165) is 12.2 Å². The summed E-state index contributed by atoms with van der Waals surface area (Å²) in [5, 5.41) is 0. The highest BCUT2D eigenvalue weighted by Gasteiger charge is 2.44. The van der Waals surface area contributed by atoms with Crippen LogP contribution < -0.4 is 4.90 Å². The van der Waals surface area contributed by atoms with Gasteiger partial charge in [-0.3, -0.25) is 4.98 Å². The van der Waals surface area contributed by atoms with E-state index >= 15 is 0 Å². The largest absolute Gasteiger partial charge is 0.504 e. The van der Waals surface area contributed by atoms with Crippen LogP contribution in [-0.2, 0) is 13.3 Å². The Balaban J connectivity index is 2.72. The molecule has 1 atom stereocenters. The molecule has 0 aliphatic heterocycles. The number of hydrogen-bond acceptors (Lipinski definition) is 5. The van der Waals surface area contributed by atoms with Crippen LogP contribution in [0.4, 0.5) is 5.69 Å². The summed E-state index contributed by atoms with van der Waals surface area (Å²) in [5.74, 6) is 0. The van der Waals surface area contributed by atoms with Crippen LogP contribution in [0.15, 0.2) is 24.5 Å². The lowest BCUT2D eigenvalue weighted by Gasteiger charge is -2.33. The Labute approximate surface area is 110 Å². The van der Waals surface area contributed by atoms with Crippen molar-refractivity contribution in [3.8, 4) is 0 Å². The molecule has 18 heavy (non-hydrogen) atoms. The van der Waals surface area contributed by atoms with Crippen LogP contribution in [0.2, 0.25) is 5.54 Å². The summed E-state index contributed by atoms with van der Waals surface area (Å²) < 4.78 is 16.5. The molecule has 0 bridgehead atoms. The van der Waals surface area contributed by atoms with Crippen molar-refractivity contribution in [2.75, 3.05) is 39.8 Å². The maximum Gasteiger partial charge on any atom is 0.504 e. The molecular formula is C12H22N2O3Si. The molecule has 0 N–H and O–H groups in total. The SMILES string of the molecule is CO[Si](OC)(OC)C(C)CN(C)c1ccncc1. The molecule has 0 amide bonds. The lowest BCUT2D eigenvalue weighted by molar-refractivity contribution is 0.114. The zero-order chi connectivity index (χ0) is 13.6. The first kappa shape index (κ1) is 15.1. The summed E-state index contributed by atoms with van der Waals surface area (Å²) in [6.07, 6.45) is 3.56. The quantitative estimate of drug-likeness (QED) is 0.707. The highest BCUT2D eigenvalue weighted by molar-refractivity contribution is 6.62. The fraction of sp³-hybridized carbons (Fsp3) is 0.583. The Bertz CT molecular complexity index is 338. The molecule has 1 unspecified atom stereocenters. The van der Waals surface area contributed by atoms with Gasteiger partial charge in [0.1, 0.15) is 0 Å². The Morgan fingerprint density at radius 3 is 2.11 bits per heavy atom.